The Hall–Kier alpha value is -1.96. The number of hydrogen-bond acceptors (Lipinski definition) is 5. The average Bonchev–Trinajstić information content (AvgIpc) is 2.65. The molecule has 2 aromatic rings. The topological polar surface area (TPSA) is 67.9 Å². The van der Waals surface area contributed by atoms with Crippen LogP contribution in [0, 0.1) is 0 Å². The number of rotatable bonds is 6. The third-order valence-corrected chi connectivity index (χ3v) is 6.18. The van der Waals surface area contributed by atoms with E-state index in [1.165, 1.54) is 25.3 Å². The summed E-state index contributed by atoms with van der Waals surface area (Å²) >= 11 is 6.02. The summed E-state index contributed by atoms with van der Waals surface area (Å²) in [7, 11) is -0.164. The maximum absolute atomic E-state index is 12.5. The summed E-state index contributed by atoms with van der Waals surface area (Å²) in [6, 6.07) is 11.3. The average molecular weight is 411 g/mol. The Morgan fingerprint density at radius 2 is 1.78 bits per heavy atom. The van der Waals surface area contributed by atoms with Gasteiger partial charge in [-0.2, -0.15) is 0 Å². The summed E-state index contributed by atoms with van der Waals surface area (Å²) in [6.45, 7) is 2.04. The molecule has 146 valence electrons. The first-order valence-electron chi connectivity index (χ1n) is 8.69. The van der Waals surface area contributed by atoms with Gasteiger partial charge in [-0.25, -0.2) is 8.42 Å². The smallest absolute Gasteiger partial charge is 0.261 e. The Morgan fingerprint density at radius 1 is 1.11 bits per heavy atom. The molecule has 0 amide bonds. The molecule has 0 bridgehead atoms. The molecule has 3 rings (SSSR count). The molecule has 0 spiro atoms. The predicted octanol–water partition coefficient (Wildman–Crippen LogP) is 3.62. The number of hydrogen-bond donors (Lipinski definition) is 1. The maximum Gasteiger partial charge on any atom is 0.261 e. The van der Waals surface area contributed by atoms with Crippen molar-refractivity contribution < 1.29 is 17.9 Å². The van der Waals surface area contributed by atoms with E-state index in [0.717, 1.165) is 31.7 Å². The van der Waals surface area contributed by atoms with Gasteiger partial charge in [-0.1, -0.05) is 11.6 Å². The minimum Gasteiger partial charge on any atom is -0.495 e. The Morgan fingerprint density at radius 3 is 2.37 bits per heavy atom. The molecular weight excluding hydrogens is 388 g/mol. The highest BCUT2D eigenvalue weighted by atomic mass is 35.5. The zero-order valence-corrected chi connectivity index (χ0v) is 16.9. The molecule has 1 heterocycles. The number of benzene rings is 2. The molecule has 0 radical (unpaired) electrons. The van der Waals surface area contributed by atoms with Crippen LogP contribution in [0.3, 0.4) is 0 Å². The minimum atomic E-state index is -3.74. The van der Waals surface area contributed by atoms with E-state index in [2.05, 4.69) is 16.7 Å². The van der Waals surface area contributed by atoms with Gasteiger partial charge in [0.2, 0.25) is 0 Å². The van der Waals surface area contributed by atoms with Gasteiger partial charge < -0.3 is 14.4 Å². The van der Waals surface area contributed by atoms with E-state index in [0.29, 0.717) is 11.4 Å². The highest BCUT2D eigenvalue weighted by molar-refractivity contribution is 7.92. The molecule has 0 saturated carbocycles. The lowest BCUT2D eigenvalue weighted by Crippen LogP contribution is -2.35. The molecule has 1 fully saturated rings. The van der Waals surface area contributed by atoms with Gasteiger partial charge in [-0.15, -0.1) is 0 Å². The first kappa shape index (κ1) is 19.8. The lowest BCUT2D eigenvalue weighted by atomic mass is 10.1. The van der Waals surface area contributed by atoms with Crippen molar-refractivity contribution in [1.29, 1.82) is 0 Å². The number of likely N-dealkylation sites (tertiary alicyclic amines) is 1. The van der Waals surface area contributed by atoms with Crippen LogP contribution in [0.5, 0.6) is 11.5 Å². The fraction of sp³-hybridized carbons (Fsp3) is 0.368. The Labute approximate surface area is 165 Å². The second-order valence-electron chi connectivity index (χ2n) is 6.55. The van der Waals surface area contributed by atoms with Crippen LogP contribution >= 0.6 is 11.6 Å². The van der Waals surface area contributed by atoms with Gasteiger partial charge in [0, 0.05) is 18.8 Å². The van der Waals surface area contributed by atoms with Crippen molar-refractivity contribution in [2.24, 2.45) is 0 Å². The van der Waals surface area contributed by atoms with Crippen LogP contribution in [-0.4, -0.2) is 46.7 Å². The van der Waals surface area contributed by atoms with Gasteiger partial charge >= 0.3 is 0 Å². The molecule has 1 N–H and O–H groups in total. The van der Waals surface area contributed by atoms with Gasteiger partial charge in [0.05, 0.1) is 17.0 Å². The van der Waals surface area contributed by atoms with Gasteiger partial charge in [-0.05, 0) is 62.4 Å². The van der Waals surface area contributed by atoms with E-state index in [1.807, 2.05) is 0 Å². The summed E-state index contributed by atoms with van der Waals surface area (Å²) < 4.78 is 38.7. The largest absolute Gasteiger partial charge is 0.495 e. The normalized spacial score (nSPS) is 16.1. The quantitative estimate of drug-likeness (QED) is 0.787. The molecule has 27 heavy (non-hydrogen) atoms. The van der Waals surface area contributed by atoms with Crippen molar-refractivity contribution in [3.8, 4) is 11.5 Å². The Kier molecular flexibility index (Phi) is 6.14. The molecule has 6 nitrogen and oxygen atoms in total. The minimum absolute atomic E-state index is 0.0694. The van der Waals surface area contributed by atoms with E-state index in [1.54, 1.807) is 24.3 Å². The number of sulfonamides is 1. The Bertz CT molecular complexity index is 879. The SMILES string of the molecule is COc1ccc(S(=O)(=O)Nc2ccc(OC3CCN(C)CC3)cc2)cc1Cl. The van der Waals surface area contributed by atoms with Crippen LogP contribution in [0.25, 0.3) is 0 Å². The van der Waals surface area contributed by atoms with E-state index >= 15 is 0 Å². The molecule has 8 heteroatoms. The van der Waals surface area contributed by atoms with Gasteiger partial charge in [0.15, 0.2) is 0 Å². The van der Waals surface area contributed by atoms with E-state index in [4.69, 9.17) is 21.1 Å². The second-order valence-corrected chi connectivity index (χ2v) is 8.64. The van der Waals surface area contributed by atoms with Crippen LogP contribution < -0.4 is 14.2 Å². The molecule has 0 unspecified atom stereocenters. The molecule has 1 aliphatic heterocycles. The van der Waals surface area contributed by atoms with Gasteiger partial charge in [0.25, 0.3) is 10.0 Å². The summed E-state index contributed by atoms with van der Waals surface area (Å²) in [5.41, 5.74) is 0.456. The van der Waals surface area contributed by atoms with Crippen LogP contribution in [0.2, 0.25) is 5.02 Å². The van der Waals surface area contributed by atoms with Gasteiger partial charge in [-0.3, -0.25) is 4.72 Å². The summed E-state index contributed by atoms with van der Waals surface area (Å²) in [4.78, 5) is 2.35. The fourth-order valence-electron chi connectivity index (χ4n) is 2.93. The number of anilines is 1. The molecule has 0 aromatic heterocycles. The van der Waals surface area contributed by atoms with Crippen LogP contribution in [-0.2, 0) is 10.0 Å². The molecule has 1 aliphatic rings. The summed E-state index contributed by atoms with van der Waals surface area (Å²) in [6.07, 6.45) is 2.18. The molecule has 1 saturated heterocycles. The van der Waals surface area contributed by atoms with Crippen molar-refractivity contribution in [2.75, 3.05) is 32.0 Å². The number of piperidine rings is 1. The lowest BCUT2D eigenvalue weighted by molar-refractivity contribution is 0.114. The number of nitrogens with zero attached hydrogens (tertiary/aromatic N) is 1. The first-order chi connectivity index (χ1) is 12.9. The van der Waals surface area contributed by atoms with Crippen LogP contribution in [0.15, 0.2) is 47.4 Å². The van der Waals surface area contributed by atoms with Crippen molar-refractivity contribution in [3.63, 3.8) is 0 Å². The number of ether oxygens (including phenoxy) is 2. The zero-order chi connectivity index (χ0) is 19.4. The fourth-order valence-corrected chi connectivity index (χ4v) is 4.33. The molecule has 0 aliphatic carbocycles. The summed E-state index contributed by atoms with van der Waals surface area (Å²) in [5, 5.41) is 0.238. The molecule has 0 atom stereocenters. The molecule has 2 aromatic carbocycles. The summed E-state index contributed by atoms with van der Waals surface area (Å²) in [5.74, 6) is 1.16. The van der Waals surface area contributed by atoms with E-state index in [-0.39, 0.29) is 16.0 Å². The van der Waals surface area contributed by atoms with Crippen molar-refractivity contribution >= 4 is 27.3 Å². The zero-order valence-electron chi connectivity index (χ0n) is 15.3. The highest BCUT2D eigenvalue weighted by Gasteiger charge is 2.19. The number of methoxy groups -OCH3 is 1. The monoisotopic (exact) mass is 410 g/mol. The third-order valence-electron chi connectivity index (χ3n) is 4.51. The third kappa shape index (κ3) is 5.06. The lowest BCUT2D eigenvalue weighted by Gasteiger charge is -2.29. The van der Waals surface area contributed by atoms with E-state index < -0.39 is 10.0 Å². The van der Waals surface area contributed by atoms with Crippen LogP contribution in [0.4, 0.5) is 5.69 Å². The van der Waals surface area contributed by atoms with Crippen molar-refractivity contribution in [1.82, 2.24) is 4.90 Å². The van der Waals surface area contributed by atoms with E-state index in [9.17, 15) is 8.42 Å². The Balaban J connectivity index is 1.65. The first-order valence-corrected chi connectivity index (χ1v) is 10.5. The predicted molar refractivity (Wildman–Crippen MR) is 106 cm³/mol. The molecular formula is C19H23ClN2O4S. The van der Waals surface area contributed by atoms with Crippen molar-refractivity contribution in [3.05, 3.63) is 47.5 Å². The second kappa shape index (κ2) is 8.37. The van der Waals surface area contributed by atoms with Crippen LogP contribution in [0.1, 0.15) is 12.8 Å². The van der Waals surface area contributed by atoms with Gasteiger partial charge in [0.1, 0.15) is 17.6 Å². The van der Waals surface area contributed by atoms with Crippen molar-refractivity contribution in [2.45, 2.75) is 23.8 Å². The standard InChI is InChI=1S/C19H23ClN2O4S/c1-22-11-9-16(10-12-22)26-15-5-3-14(4-6-15)21-27(23,24)17-7-8-19(25-2)18(20)13-17/h3-8,13,16,21H,9-12H2,1-2H3. The maximum atomic E-state index is 12.5. The number of halogens is 1. The number of nitrogens with one attached hydrogen (secondary N) is 1. The highest BCUT2D eigenvalue weighted by Crippen LogP contribution is 2.28.